The third kappa shape index (κ3) is 4.43. The van der Waals surface area contributed by atoms with Gasteiger partial charge >= 0.3 is 0 Å². The topological polar surface area (TPSA) is 71.1 Å². The lowest BCUT2D eigenvalue weighted by Gasteiger charge is -2.21. The SMILES string of the molecule is CC[C@H](Nc1cc(F)c(S(=O)(=O)Nc2cscn2)cc1Cl)c1ccccc1F. The van der Waals surface area contributed by atoms with E-state index in [2.05, 4.69) is 15.0 Å². The van der Waals surface area contributed by atoms with Gasteiger partial charge in [-0.3, -0.25) is 4.72 Å². The van der Waals surface area contributed by atoms with E-state index in [1.807, 2.05) is 6.92 Å². The number of nitrogens with zero attached hydrogens (tertiary/aromatic N) is 1. The van der Waals surface area contributed by atoms with Crippen LogP contribution in [0.3, 0.4) is 0 Å². The largest absolute Gasteiger partial charge is 0.377 e. The molecule has 0 aliphatic rings. The zero-order valence-electron chi connectivity index (χ0n) is 14.6. The van der Waals surface area contributed by atoms with E-state index >= 15 is 0 Å². The molecular weight excluding hydrogens is 428 g/mol. The molecule has 0 aliphatic heterocycles. The highest BCUT2D eigenvalue weighted by Gasteiger charge is 2.23. The molecule has 5 nitrogen and oxygen atoms in total. The standard InChI is InChI=1S/C18H16ClF2N3O2S2/c1-2-15(11-5-3-4-6-13(11)20)23-16-8-14(21)17(7-12(16)19)28(25,26)24-18-9-27-10-22-18/h3-10,15,23-24H,2H2,1H3/t15-/m0/s1. The second kappa shape index (κ2) is 8.42. The highest BCUT2D eigenvalue weighted by Crippen LogP contribution is 2.33. The second-order valence-corrected chi connectivity index (χ2v) is 8.65. The smallest absolute Gasteiger partial charge is 0.266 e. The predicted molar refractivity (Wildman–Crippen MR) is 107 cm³/mol. The maximum Gasteiger partial charge on any atom is 0.266 e. The summed E-state index contributed by atoms with van der Waals surface area (Å²) >= 11 is 7.38. The molecule has 2 aromatic carbocycles. The van der Waals surface area contributed by atoms with E-state index in [4.69, 9.17) is 11.6 Å². The van der Waals surface area contributed by atoms with Crippen LogP contribution >= 0.6 is 22.9 Å². The van der Waals surface area contributed by atoms with Gasteiger partial charge in [-0.15, -0.1) is 11.3 Å². The number of benzene rings is 2. The number of nitrogens with one attached hydrogen (secondary N) is 2. The van der Waals surface area contributed by atoms with Crippen molar-refractivity contribution in [3.8, 4) is 0 Å². The third-order valence-electron chi connectivity index (χ3n) is 4.00. The highest BCUT2D eigenvalue weighted by molar-refractivity contribution is 7.92. The monoisotopic (exact) mass is 443 g/mol. The van der Waals surface area contributed by atoms with E-state index in [0.29, 0.717) is 12.0 Å². The first-order valence-electron chi connectivity index (χ1n) is 8.23. The van der Waals surface area contributed by atoms with Gasteiger partial charge in [0.2, 0.25) is 0 Å². The van der Waals surface area contributed by atoms with E-state index in [1.54, 1.807) is 18.2 Å². The summed E-state index contributed by atoms with van der Waals surface area (Å²) in [4.78, 5) is 3.21. The van der Waals surface area contributed by atoms with Crippen molar-refractivity contribution in [2.75, 3.05) is 10.0 Å². The molecule has 3 rings (SSSR count). The van der Waals surface area contributed by atoms with Gasteiger partial charge < -0.3 is 5.32 Å². The molecule has 28 heavy (non-hydrogen) atoms. The van der Waals surface area contributed by atoms with Crippen LogP contribution < -0.4 is 10.0 Å². The Balaban J connectivity index is 1.90. The Kier molecular flexibility index (Phi) is 6.17. The lowest BCUT2D eigenvalue weighted by atomic mass is 10.0. The molecule has 3 aromatic rings. The maximum atomic E-state index is 14.6. The van der Waals surface area contributed by atoms with Crippen molar-refractivity contribution in [1.82, 2.24) is 4.98 Å². The van der Waals surface area contributed by atoms with Gasteiger partial charge in [0.25, 0.3) is 10.0 Å². The molecular formula is C18H16ClF2N3O2S2. The van der Waals surface area contributed by atoms with Crippen molar-refractivity contribution in [2.45, 2.75) is 24.3 Å². The van der Waals surface area contributed by atoms with Crippen LogP contribution in [-0.2, 0) is 10.0 Å². The fourth-order valence-electron chi connectivity index (χ4n) is 2.65. The van der Waals surface area contributed by atoms with Crippen molar-refractivity contribution in [3.05, 3.63) is 69.5 Å². The van der Waals surface area contributed by atoms with Gasteiger partial charge in [-0.2, -0.15) is 0 Å². The minimum atomic E-state index is -4.20. The van der Waals surface area contributed by atoms with Crippen LogP contribution in [0.2, 0.25) is 5.02 Å². The molecule has 0 radical (unpaired) electrons. The summed E-state index contributed by atoms with van der Waals surface area (Å²) < 4.78 is 55.7. The summed E-state index contributed by atoms with van der Waals surface area (Å²) in [6.45, 7) is 1.84. The minimum absolute atomic E-state index is 0.00478. The van der Waals surface area contributed by atoms with Gasteiger partial charge in [0.1, 0.15) is 16.5 Å². The Labute approximate surface area is 170 Å². The van der Waals surface area contributed by atoms with E-state index in [9.17, 15) is 17.2 Å². The average Bonchev–Trinajstić information content (AvgIpc) is 3.15. The van der Waals surface area contributed by atoms with Crippen molar-refractivity contribution in [3.63, 3.8) is 0 Å². The van der Waals surface area contributed by atoms with Gasteiger partial charge in [-0.1, -0.05) is 36.7 Å². The molecule has 10 heteroatoms. The number of halogens is 3. The zero-order valence-corrected chi connectivity index (χ0v) is 17.0. The number of rotatable bonds is 7. The summed E-state index contributed by atoms with van der Waals surface area (Å²) in [5.74, 6) is -1.29. The number of hydrogen-bond acceptors (Lipinski definition) is 5. The summed E-state index contributed by atoms with van der Waals surface area (Å²) in [6.07, 6.45) is 0.504. The first-order valence-corrected chi connectivity index (χ1v) is 11.0. The summed E-state index contributed by atoms with van der Waals surface area (Å²) in [7, 11) is -4.20. The van der Waals surface area contributed by atoms with Crippen LogP contribution in [0.4, 0.5) is 20.3 Å². The van der Waals surface area contributed by atoms with Crippen molar-refractivity contribution < 1.29 is 17.2 Å². The molecule has 2 N–H and O–H groups in total. The number of hydrogen-bond donors (Lipinski definition) is 2. The molecule has 0 saturated carbocycles. The summed E-state index contributed by atoms with van der Waals surface area (Å²) in [5, 5.41) is 4.46. The third-order valence-corrected chi connectivity index (χ3v) is 6.27. The van der Waals surface area contributed by atoms with Crippen molar-refractivity contribution >= 4 is 44.5 Å². The van der Waals surface area contributed by atoms with E-state index in [0.717, 1.165) is 12.1 Å². The van der Waals surface area contributed by atoms with Crippen molar-refractivity contribution in [2.24, 2.45) is 0 Å². The first-order chi connectivity index (χ1) is 13.3. The fraction of sp³-hybridized carbons (Fsp3) is 0.167. The second-order valence-electron chi connectivity index (χ2n) is 5.87. The van der Waals surface area contributed by atoms with Crippen LogP contribution in [0, 0.1) is 11.6 Å². The van der Waals surface area contributed by atoms with E-state index in [1.165, 1.54) is 28.3 Å². The molecule has 0 fully saturated rings. The molecule has 1 aromatic heterocycles. The van der Waals surface area contributed by atoms with Crippen LogP contribution in [-0.4, -0.2) is 13.4 Å². The lowest BCUT2D eigenvalue weighted by molar-refractivity contribution is 0.569. The summed E-state index contributed by atoms with van der Waals surface area (Å²) in [5.41, 5.74) is 2.02. The zero-order chi connectivity index (χ0) is 20.3. The van der Waals surface area contributed by atoms with Crippen LogP contribution in [0.15, 0.2) is 52.2 Å². The quantitative estimate of drug-likeness (QED) is 0.510. The Morgan fingerprint density at radius 3 is 2.61 bits per heavy atom. The molecule has 0 bridgehead atoms. The van der Waals surface area contributed by atoms with Crippen molar-refractivity contribution in [1.29, 1.82) is 0 Å². The van der Waals surface area contributed by atoms with E-state index in [-0.39, 0.29) is 16.5 Å². The molecule has 0 spiro atoms. The molecule has 0 unspecified atom stereocenters. The Hall–Kier alpha value is -2.23. The number of thiazole rings is 1. The average molecular weight is 444 g/mol. The molecule has 0 saturated heterocycles. The van der Waals surface area contributed by atoms with Gasteiger partial charge in [0.05, 0.1) is 22.3 Å². The lowest BCUT2D eigenvalue weighted by Crippen LogP contribution is -2.16. The number of sulfonamides is 1. The van der Waals surface area contributed by atoms with Crippen LogP contribution in [0.1, 0.15) is 24.9 Å². The molecule has 1 heterocycles. The Morgan fingerprint density at radius 2 is 1.96 bits per heavy atom. The van der Waals surface area contributed by atoms with Gasteiger partial charge in [0.15, 0.2) is 5.82 Å². The summed E-state index contributed by atoms with van der Waals surface area (Å²) in [6, 6.07) is 7.77. The molecule has 0 amide bonds. The van der Waals surface area contributed by atoms with Crippen LogP contribution in [0.25, 0.3) is 0 Å². The molecule has 0 aliphatic carbocycles. The van der Waals surface area contributed by atoms with E-state index < -0.39 is 32.6 Å². The Morgan fingerprint density at radius 1 is 1.21 bits per heavy atom. The Bertz CT molecular complexity index is 1080. The number of anilines is 2. The highest BCUT2D eigenvalue weighted by atomic mass is 35.5. The first kappa shape index (κ1) is 20.5. The van der Waals surface area contributed by atoms with Gasteiger partial charge in [0, 0.05) is 10.9 Å². The molecule has 148 valence electrons. The van der Waals surface area contributed by atoms with Gasteiger partial charge in [-0.25, -0.2) is 22.2 Å². The maximum absolute atomic E-state index is 14.6. The fourth-order valence-corrected chi connectivity index (χ4v) is 4.57. The van der Waals surface area contributed by atoms with Gasteiger partial charge in [-0.05, 0) is 24.6 Å². The number of aromatic nitrogens is 1. The normalized spacial score (nSPS) is 12.6. The predicted octanol–water partition coefficient (Wildman–Crippen LogP) is 5.44. The minimum Gasteiger partial charge on any atom is -0.377 e. The van der Waals surface area contributed by atoms with Crippen LogP contribution in [0.5, 0.6) is 0 Å². The molecule has 1 atom stereocenters.